The molecule has 0 saturated carbocycles. The van der Waals surface area contributed by atoms with Gasteiger partial charge in [-0.3, -0.25) is 9.89 Å². The maximum Gasteiger partial charge on any atom is 0.433 e. The largest absolute Gasteiger partial charge is 0.496 e. The van der Waals surface area contributed by atoms with Crippen molar-refractivity contribution in [1.82, 2.24) is 25.1 Å². The first-order valence-corrected chi connectivity index (χ1v) is 9.49. The fourth-order valence-corrected chi connectivity index (χ4v) is 3.41. The summed E-state index contributed by atoms with van der Waals surface area (Å²) >= 11 is 0. The number of carbonyl (C=O) groups excluding carboxylic acids is 1. The maximum atomic E-state index is 12.9. The van der Waals surface area contributed by atoms with E-state index in [4.69, 9.17) is 4.74 Å². The molecule has 3 aromatic rings. The van der Waals surface area contributed by atoms with Crippen LogP contribution in [0.25, 0.3) is 11.3 Å². The average Bonchev–Trinajstić information content (AvgIpc) is 3.28. The van der Waals surface area contributed by atoms with Crippen LogP contribution in [0.4, 0.5) is 19.0 Å². The van der Waals surface area contributed by atoms with Crippen LogP contribution in [-0.2, 0) is 6.18 Å². The Morgan fingerprint density at radius 1 is 1.10 bits per heavy atom. The van der Waals surface area contributed by atoms with Gasteiger partial charge >= 0.3 is 6.18 Å². The van der Waals surface area contributed by atoms with Gasteiger partial charge in [0, 0.05) is 37.8 Å². The van der Waals surface area contributed by atoms with Gasteiger partial charge in [0.2, 0.25) is 0 Å². The van der Waals surface area contributed by atoms with Crippen LogP contribution in [-0.4, -0.2) is 64.3 Å². The molecule has 11 heteroatoms. The number of rotatable bonds is 4. The van der Waals surface area contributed by atoms with Gasteiger partial charge in [0.1, 0.15) is 29.3 Å². The lowest BCUT2D eigenvalue weighted by Gasteiger charge is -2.35. The second kappa shape index (κ2) is 8.25. The summed E-state index contributed by atoms with van der Waals surface area (Å²) in [7, 11) is 1.56. The molecular formula is C20H19F3N6O2. The maximum absolute atomic E-state index is 12.9. The number of halogens is 3. The predicted molar refractivity (Wildman–Crippen MR) is 106 cm³/mol. The second-order valence-electron chi connectivity index (χ2n) is 6.91. The van der Waals surface area contributed by atoms with Gasteiger partial charge in [-0.1, -0.05) is 12.1 Å². The summed E-state index contributed by atoms with van der Waals surface area (Å²) in [6.45, 7) is 1.39. The third-order valence-electron chi connectivity index (χ3n) is 5.03. The van der Waals surface area contributed by atoms with Crippen molar-refractivity contribution in [3.05, 3.63) is 54.1 Å². The molecule has 4 rings (SSSR count). The van der Waals surface area contributed by atoms with Crippen LogP contribution in [0.2, 0.25) is 0 Å². The molecule has 0 unspecified atom stereocenters. The highest BCUT2D eigenvalue weighted by molar-refractivity contribution is 5.93. The lowest BCUT2D eigenvalue weighted by atomic mass is 10.1. The molecule has 1 saturated heterocycles. The third kappa shape index (κ3) is 4.30. The first-order chi connectivity index (χ1) is 14.9. The summed E-state index contributed by atoms with van der Waals surface area (Å²) in [5, 5.41) is 6.98. The van der Waals surface area contributed by atoms with Gasteiger partial charge in [0.05, 0.1) is 12.8 Å². The van der Waals surface area contributed by atoms with Crippen LogP contribution in [0.15, 0.2) is 42.7 Å². The van der Waals surface area contributed by atoms with Crippen LogP contribution < -0.4 is 9.64 Å². The molecule has 0 radical (unpaired) electrons. The minimum atomic E-state index is -4.53. The highest BCUT2D eigenvalue weighted by Crippen LogP contribution is 2.30. The zero-order valence-corrected chi connectivity index (χ0v) is 16.6. The van der Waals surface area contributed by atoms with Crippen LogP contribution >= 0.6 is 0 Å². The van der Waals surface area contributed by atoms with Gasteiger partial charge < -0.3 is 14.5 Å². The van der Waals surface area contributed by atoms with E-state index in [1.165, 1.54) is 0 Å². The number of nitrogens with zero attached hydrogens (tertiary/aromatic N) is 5. The van der Waals surface area contributed by atoms with E-state index in [0.717, 1.165) is 18.0 Å². The molecule has 0 atom stereocenters. The lowest BCUT2D eigenvalue weighted by molar-refractivity contribution is -0.141. The first-order valence-electron chi connectivity index (χ1n) is 9.49. The normalized spacial score (nSPS) is 14.6. The van der Waals surface area contributed by atoms with Crippen LogP contribution in [0, 0.1) is 0 Å². The van der Waals surface area contributed by atoms with Crippen LogP contribution in [0.3, 0.4) is 0 Å². The molecule has 1 aliphatic heterocycles. The number of aromatic nitrogens is 4. The number of aromatic amines is 1. The number of nitrogens with one attached hydrogen (secondary N) is 1. The quantitative estimate of drug-likeness (QED) is 0.682. The monoisotopic (exact) mass is 432 g/mol. The van der Waals surface area contributed by atoms with Crippen LogP contribution in [0.1, 0.15) is 16.2 Å². The van der Waals surface area contributed by atoms with E-state index < -0.39 is 11.9 Å². The number of H-pyrrole nitrogens is 1. The molecule has 1 fully saturated rings. The van der Waals surface area contributed by atoms with E-state index in [9.17, 15) is 18.0 Å². The summed E-state index contributed by atoms with van der Waals surface area (Å²) in [4.78, 5) is 23.4. The van der Waals surface area contributed by atoms with Gasteiger partial charge in [-0.2, -0.15) is 18.3 Å². The Hall–Kier alpha value is -3.63. The smallest absolute Gasteiger partial charge is 0.433 e. The zero-order valence-electron chi connectivity index (χ0n) is 16.6. The Bertz CT molecular complexity index is 1080. The molecule has 162 valence electrons. The summed E-state index contributed by atoms with van der Waals surface area (Å²) in [5.74, 6) is 0.603. The molecule has 1 aromatic carbocycles. The topological polar surface area (TPSA) is 87.2 Å². The lowest BCUT2D eigenvalue weighted by Crippen LogP contribution is -2.49. The van der Waals surface area contributed by atoms with Crippen molar-refractivity contribution < 1.29 is 22.7 Å². The molecule has 31 heavy (non-hydrogen) atoms. The van der Waals surface area contributed by atoms with Crippen molar-refractivity contribution in [2.24, 2.45) is 0 Å². The number of ether oxygens (including phenoxy) is 1. The number of anilines is 1. The van der Waals surface area contributed by atoms with Crippen molar-refractivity contribution in [2.75, 3.05) is 38.2 Å². The number of alkyl halides is 3. The molecule has 0 spiro atoms. The summed E-state index contributed by atoms with van der Waals surface area (Å²) in [6, 6.07) is 9.93. The van der Waals surface area contributed by atoms with Gasteiger partial charge in [0.15, 0.2) is 0 Å². The zero-order chi connectivity index (χ0) is 22.0. The minimum Gasteiger partial charge on any atom is -0.496 e. The number of hydrogen-bond donors (Lipinski definition) is 1. The van der Waals surface area contributed by atoms with Crippen molar-refractivity contribution in [3.8, 4) is 17.0 Å². The number of piperazine rings is 1. The van der Waals surface area contributed by atoms with Crippen molar-refractivity contribution in [2.45, 2.75) is 6.18 Å². The summed E-state index contributed by atoms with van der Waals surface area (Å²) in [5.41, 5.74) is 0.683. The Morgan fingerprint density at radius 3 is 2.55 bits per heavy atom. The van der Waals surface area contributed by atoms with E-state index in [1.54, 1.807) is 23.0 Å². The Morgan fingerprint density at radius 2 is 1.84 bits per heavy atom. The number of hydrogen-bond acceptors (Lipinski definition) is 6. The molecule has 1 aliphatic rings. The number of methoxy groups -OCH3 is 1. The molecular weight excluding hydrogens is 413 g/mol. The molecule has 2 aromatic heterocycles. The number of carbonyl (C=O) groups is 1. The average molecular weight is 432 g/mol. The highest BCUT2D eigenvalue weighted by Gasteiger charge is 2.33. The second-order valence-corrected chi connectivity index (χ2v) is 6.91. The number of amides is 1. The standard InChI is InChI=1S/C20H19F3N6O2/c1-31-16-5-3-2-4-13(16)14-10-15(27-26-14)19(30)29-8-6-28(7-9-29)18-11-17(20(21,22)23)24-12-25-18/h2-5,10-12H,6-9H2,1H3,(H,26,27). The van der Waals surface area contributed by atoms with Crippen molar-refractivity contribution in [3.63, 3.8) is 0 Å². The van der Waals surface area contributed by atoms with E-state index in [2.05, 4.69) is 20.2 Å². The van der Waals surface area contributed by atoms with E-state index >= 15 is 0 Å². The van der Waals surface area contributed by atoms with E-state index in [-0.39, 0.29) is 11.7 Å². The van der Waals surface area contributed by atoms with Crippen molar-refractivity contribution >= 4 is 11.7 Å². The fourth-order valence-electron chi connectivity index (χ4n) is 3.41. The molecule has 0 aliphatic carbocycles. The minimum absolute atomic E-state index is 0.189. The third-order valence-corrected chi connectivity index (χ3v) is 5.03. The Balaban J connectivity index is 1.43. The van der Waals surface area contributed by atoms with Gasteiger partial charge in [-0.25, -0.2) is 9.97 Å². The number of benzene rings is 1. The number of para-hydroxylation sites is 1. The first kappa shape index (κ1) is 20.6. The van der Waals surface area contributed by atoms with Crippen molar-refractivity contribution in [1.29, 1.82) is 0 Å². The fraction of sp³-hybridized carbons (Fsp3) is 0.300. The molecule has 0 bridgehead atoms. The van der Waals surface area contributed by atoms with Crippen LogP contribution in [0.5, 0.6) is 5.75 Å². The highest BCUT2D eigenvalue weighted by atomic mass is 19.4. The predicted octanol–water partition coefficient (Wildman–Crippen LogP) is 2.86. The van der Waals surface area contributed by atoms with Gasteiger partial charge in [0.25, 0.3) is 5.91 Å². The van der Waals surface area contributed by atoms with Gasteiger partial charge in [-0.15, -0.1) is 0 Å². The Labute approximate surface area is 175 Å². The molecule has 1 N–H and O–H groups in total. The van der Waals surface area contributed by atoms with E-state index in [1.807, 2.05) is 24.3 Å². The SMILES string of the molecule is COc1ccccc1-c1cc(C(=O)N2CCN(c3cc(C(F)(F)F)ncn3)CC2)[nH]n1. The van der Waals surface area contributed by atoms with E-state index in [0.29, 0.717) is 43.3 Å². The summed E-state index contributed by atoms with van der Waals surface area (Å²) < 4.78 is 44.0. The summed E-state index contributed by atoms with van der Waals surface area (Å²) in [6.07, 6.45) is -3.63. The Kier molecular flexibility index (Phi) is 5.49. The molecule has 1 amide bonds. The molecule has 3 heterocycles. The molecule has 8 nitrogen and oxygen atoms in total. The van der Waals surface area contributed by atoms with Gasteiger partial charge in [-0.05, 0) is 18.2 Å².